The largest absolute Gasteiger partial charge is 0.353 e. The molecule has 1 aliphatic heterocycles. The van der Waals surface area contributed by atoms with E-state index < -0.39 is 0 Å². The van der Waals surface area contributed by atoms with E-state index in [0.29, 0.717) is 28.8 Å². The van der Waals surface area contributed by atoms with Gasteiger partial charge >= 0.3 is 0 Å². The molecule has 1 atom stereocenters. The minimum Gasteiger partial charge on any atom is -0.353 e. The molecular formula is C26H48N2O. The fourth-order valence-corrected chi connectivity index (χ4v) is 6.51. The van der Waals surface area contributed by atoms with Crippen LogP contribution in [-0.4, -0.2) is 24.0 Å². The number of rotatable bonds is 4. The summed E-state index contributed by atoms with van der Waals surface area (Å²) in [5.74, 6) is 1.76. The van der Waals surface area contributed by atoms with Gasteiger partial charge in [-0.1, -0.05) is 59.3 Å². The number of piperidine rings is 1. The molecule has 0 radical (unpaired) electrons. The molecule has 2 saturated carbocycles. The number of hydrogen-bond donors (Lipinski definition) is 2. The lowest BCUT2D eigenvalue weighted by molar-refractivity contribution is -0.123. The van der Waals surface area contributed by atoms with Crippen LogP contribution in [0, 0.1) is 17.3 Å². The Morgan fingerprint density at radius 2 is 1.52 bits per heavy atom. The second-order valence-electron chi connectivity index (χ2n) is 11.9. The molecule has 1 saturated heterocycles. The maximum Gasteiger partial charge on any atom is 0.220 e. The summed E-state index contributed by atoms with van der Waals surface area (Å²) in [6.45, 7) is 8.16. The quantitative estimate of drug-likeness (QED) is 0.572. The topological polar surface area (TPSA) is 41.1 Å². The van der Waals surface area contributed by atoms with E-state index in [1.807, 2.05) is 0 Å². The van der Waals surface area contributed by atoms with Crippen molar-refractivity contribution in [2.75, 3.05) is 6.54 Å². The predicted octanol–water partition coefficient (Wildman–Crippen LogP) is 6.36. The van der Waals surface area contributed by atoms with E-state index in [9.17, 15) is 4.79 Å². The van der Waals surface area contributed by atoms with Crippen molar-refractivity contribution in [2.24, 2.45) is 17.3 Å². The molecular weight excluding hydrogens is 356 g/mol. The summed E-state index contributed by atoms with van der Waals surface area (Å²) >= 11 is 0. The van der Waals surface area contributed by atoms with Crippen LogP contribution in [0.1, 0.15) is 124 Å². The monoisotopic (exact) mass is 404 g/mol. The number of amides is 1. The van der Waals surface area contributed by atoms with Gasteiger partial charge in [0.05, 0.1) is 0 Å². The third kappa shape index (κ3) is 7.89. The average molecular weight is 405 g/mol. The maximum atomic E-state index is 12.8. The molecule has 1 amide bonds. The van der Waals surface area contributed by atoms with Gasteiger partial charge in [0.15, 0.2) is 0 Å². The fraction of sp³-hybridized carbons (Fsp3) is 0.962. The predicted molar refractivity (Wildman–Crippen MR) is 123 cm³/mol. The minimum atomic E-state index is 0.328. The summed E-state index contributed by atoms with van der Waals surface area (Å²) in [7, 11) is 0. The fourth-order valence-electron chi connectivity index (χ4n) is 6.51. The molecule has 3 fully saturated rings. The third-order valence-corrected chi connectivity index (χ3v) is 7.88. The van der Waals surface area contributed by atoms with Gasteiger partial charge in [-0.2, -0.15) is 0 Å². The standard InChI is InChI=1S/C26H48N2O/c1-25(2,3)19-21-10-12-23(13-11-21)28-24(29)18-22-14-17-27-26(20-22)15-8-6-4-5-7-9-16-26/h21-23,27H,4-20H2,1-3H3,(H,28,29). The van der Waals surface area contributed by atoms with Gasteiger partial charge < -0.3 is 10.6 Å². The van der Waals surface area contributed by atoms with E-state index in [4.69, 9.17) is 0 Å². The molecule has 0 bridgehead atoms. The van der Waals surface area contributed by atoms with E-state index in [0.717, 1.165) is 18.9 Å². The Morgan fingerprint density at radius 1 is 0.897 bits per heavy atom. The first kappa shape index (κ1) is 23.1. The van der Waals surface area contributed by atoms with Gasteiger partial charge in [-0.05, 0) is 81.6 Å². The van der Waals surface area contributed by atoms with Crippen LogP contribution in [0.5, 0.6) is 0 Å². The van der Waals surface area contributed by atoms with Crippen LogP contribution >= 0.6 is 0 Å². The van der Waals surface area contributed by atoms with E-state index in [2.05, 4.69) is 31.4 Å². The average Bonchev–Trinajstić information content (AvgIpc) is 2.75. The molecule has 1 spiro atoms. The number of nitrogens with one attached hydrogen (secondary N) is 2. The van der Waals surface area contributed by atoms with Gasteiger partial charge in [-0.25, -0.2) is 0 Å². The highest BCUT2D eigenvalue weighted by molar-refractivity contribution is 5.76. The van der Waals surface area contributed by atoms with Gasteiger partial charge in [0.2, 0.25) is 5.91 Å². The summed E-state index contributed by atoms with van der Waals surface area (Å²) in [5, 5.41) is 7.32. The van der Waals surface area contributed by atoms with E-state index in [-0.39, 0.29) is 0 Å². The Morgan fingerprint density at radius 3 is 2.14 bits per heavy atom. The Bertz CT molecular complexity index is 491. The van der Waals surface area contributed by atoms with E-state index in [1.54, 1.807) is 0 Å². The zero-order chi connectivity index (χ0) is 20.7. The summed E-state index contributed by atoms with van der Waals surface area (Å²) in [4.78, 5) is 12.8. The van der Waals surface area contributed by atoms with Crippen molar-refractivity contribution in [1.29, 1.82) is 0 Å². The zero-order valence-corrected chi connectivity index (χ0v) is 19.7. The first-order valence-electron chi connectivity index (χ1n) is 12.9. The summed E-state index contributed by atoms with van der Waals surface area (Å²) in [6, 6.07) is 0.430. The second kappa shape index (κ2) is 10.6. The van der Waals surface area contributed by atoms with Gasteiger partial charge in [0.1, 0.15) is 0 Å². The van der Waals surface area contributed by atoms with Gasteiger partial charge in [0.25, 0.3) is 0 Å². The lowest BCUT2D eigenvalue weighted by atomic mass is 9.74. The van der Waals surface area contributed by atoms with E-state index >= 15 is 0 Å². The van der Waals surface area contributed by atoms with Crippen LogP contribution < -0.4 is 10.6 Å². The first-order valence-corrected chi connectivity index (χ1v) is 12.9. The Hall–Kier alpha value is -0.570. The molecule has 0 aromatic heterocycles. The van der Waals surface area contributed by atoms with E-state index in [1.165, 1.54) is 96.3 Å². The molecule has 29 heavy (non-hydrogen) atoms. The van der Waals surface area contributed by atoms with Crippen molar-refractivity contribution < 1.29 is 4.79 Å². The summed E-state index contributed by atoms with van der Waals surface area (Å²) < 4.78 is 0. The Kier molecular flexibility index (Phi) is 8.48. The van der Waals surface area contributed by atoms with Crippen LogP contribution in [0.3, 0.4) is 0 Å². The first-order chi connectivity index (χ1) is 13.8. The number of hydrogen-bond acceptors (Lipinski definition) is 2. The minimum absolute atomic E-state index is 0.328. The van der Waals surface area contributed by atoms with Crippen molar-refractivity contribution in [3.8, 4) is 0 Å². The van der Waals surface area contributed by atoms with Crippen LogP contribution in [0.2, 0.25) is 0 Å². The van der Waals surface area contributed by atoms with Crippen molar-refractivity contribution in [3.05, 3.63) is 0 Å². The lowest BCUT2D eigenvalue weighted by Gasteiger charge is -2.42. The number of carbonyl (C=O) groups excluding carboxylic acids is 1. The Labute approximate surface area is 180 Å². The van der Waals surface area contributed by atoms with Crippen molar-refractivity contribution in [2.45, 2.75) is 135 Å². The molecule has 1 heterocycles. The maximum absolute atomic E-state index is 12.8. The second-order valence-corrected chi connectivity index (χ2v) is 11.9. The van der Waals surface area contributed by atoms with Gasteiger partial charge in [-0.3, -0.25) is 4.79 Å². The normalized spacial score (nSPS) is 31.5. The van der Waals surface area contributed by atoms with Crippen LogP contribution in [-0.2, 0) is 4.79 Å². The molecule has 168 valence electrons. The molecule has 3 aliphatic rings. The van der Waals surface area contributed by atoms with Crippen LogP contribution in [0.15, 0.2) is 0 Å². The summed E-state index contributed by atoms with van der Waals surface area (Å²) in [6.07, 6.45) is 20.4. The van der Waals surface area contributed by atoms with Crippen LogP contribution in [0.4, 0.5) is 0 Å². The molecule has 3 nitrogen and oxygen atoms in total. The molecule has 3 heteroatoms. The highest BCUT2D eigenvalue weighted by Gasteiger charge is 2.36. The van der Waals surface area contributed by atoms with Crippen molar-refractivity contribution >= 4 is 5.91 Å². The summed E-state index contributed by atoms with van der Waals surface area (Å²) in [5.41, 5.74) is 0.764. The van der Waals surface area contributed by atoms with Crippen molar-refractivity contribution in [1.82, 2.24) is 10.6 Å². The third-order valence-electron chi connectivity index (χ3n) is 7.88. The van der Waals surface area contributed by atoms with Gasteiger partial charge in [0, 0.05) is 18.0 Å². The molecule has 0 aromatic carbocycles. The highest BCUT2D eigenvalue weighted by atomic mass is 16.1. The Balaban J connectivity index is 1.42. The lowest BCUT2D eigenvalue weighted by Crippen LogP contribution is -2.51. The molecule has 2 N–H and O–H groups in total. The smallest absolute Gasteiger partial charge is 0.220 e. The number of carbonyl (C=O) groups is 1. The highest BCUT2D eigenvalue weighted by Crippen LogP contribution is 2.37. The van der Waals surface area contributed by atoms with Crippen molar-refractivity contribution in [3.63, 3.8) is 0 Å². The zero-order valence-electron chi connectivity index (χ0n) is 19.7. The molecule has 3 rings (SSSR count). The molecule has 0 aromatic rings. The SMILES string of the molecule is CC(C)(C)CC1CCC(NC(=O)CC2CCNC3(CCCCCCCC3)C2)CC1. The molecule has 1 unspecified atom stereocenters. The van der Waals surface area contributed by atoms with Crippen LogP contribution in [0.25, 0.3) is 0 Å². The van der Waals surface area contributed by atoms with Gasteiger partial charge in [-0.15, -0.1) is 0 Å². The molecule has 2 aliphatic carbocycles.